The zero-order chi connectivity index (χ0) is 15.5. The SMILES string of the molecule is CC(C)c1noc(COc2ccc(Cl)cc2OC2CNC2)n1. The predicted octanol–water partition coefficient (Wildman–Crippen LogP) is 2.78. The Balaban J connectivity index is 1.67. The van der Waals surface area contributed by atoms with Crippen LogP contribution in [0.15, 0.2) is 22.7 Å². The second kappa shape index (κ2) is 6.54. The van der Waals surface area contributed by atoms with Crippen LogP contribution in [0.2, 0.25) is 5.02 Å². The van der Waals surface area contributed by atoms with E-state index in [0.717, 1.165) is 13.1 Å². The third kappa shape index (κ3) is 3.51. The van der Waals surface area contributed by atoms with Gasteiger partial charge in [-0.1, -0.05) is 30.6 Å². The maximum absolute atomic E-state index is 6.02. The fraction of sp³-hybridized carbons (Fsp3) is 0.467. The minimum atomic E-state index is 0.150. The van der Waals surface area contributed by atoms with E-state index in [2.05, 4.69) is 15.5 Å². The van der Waals surface area contributed by atoms with Gasteiger partial charge in [-0.3, -0.25) is 0 Å². The average Bonchev–Trinajstić information content (AvgIpc) is 2.91. The van der Waals surface area contributed by atoms with Gasteiger partial charge in [0.2, 0.25) is 0 Å². The molecule has 1 aromatic carbocycles. The molecule has 1 fully saturated rings. The normalized spacial score (nSPS) is 14.9. The molecule has 2 aromatic rings. The van der Waals surface area contributed by atoms with Gasteiger partial charge in [0.25, 0.3) is 5.89 Å². The summed E-state index contributed by atoms with van der Waals surface area (Å²) in [4.78, 5) is 4.28. The maximum Gasteiger partial charge on any atom is 0.264 e. The summed E-state index contributed by atoms with van der Waals surface area (Å²) in [6, 6.07) is 5.29. The van der Waals surface area contributed by atoms with Gasteiger partial charge < -0.3 is 19.3 Å². The van der Waals surface area contributed by atoms with Crippen LogP contribution in [0.1, 0.15) is 31.5 Å². The van der Waals surface area contributed by atoms with Crippen LogP contribution in [0.4, 0.5) is 0 Å². The number of rotatable bonds is 6. The molecule has 0 atom stereocenters. The topological polar surface area (TPSA) is 69.4 Å². The van der Waals surface area contributed by atoms with Crippen LogP contribution in [0.3, 0.4) is 0 Å². The zero-order valence-electron chi connectivity index (χ0n) is 12.5. The first kappa shape index (κ1) is 15.1. The van der Waals surface area contributed by atoms with Crippen LogP contribution in [-0.2, 0) is 6.61 Å². The lowest BCUT2D eigenvalue weighted by molar-refractivity contribution is 0.133. The summed E-state index contributed by atoms with van der Waals surface area (Å²) >= 11 is 6.02. The Morgan fingerprint density at radius 2 is 2.18 bits per heavy atom. The largest absolute Gasteiger partial charge is 0.484 e. The van der Waals surface area contributed by atoms with E-state index in [0.29, 0.717) is 28.2 Å². The van der Waals surface area contributed by atoms with E-state index in [1.165, 1.54) is 0 Å². The number of hydrogen-bond donors (Lipinski definition) is 1. The quantitative estimate of drug-likeness (QED) is 0.881. The molecule has 1 aliphatic heterocycles. The molecule has 22 heavy (non-hydrogen) atoms. The Morgan fingerprint density at radius 3 is 2.82 bits per heavy atom. The second-order valence-corrected chi connectivity index (χ2v) is 5.92. The van der Waals surface area contributed by atoms with Crippen molar-refractivity contribution in [3.63, 3.8) is 0 Å². The van der Waals surface area contributed by atoms with E-state index < -0.39 is 0 Å². The van der Waals surface area contributed by atoms with Crippen molar-refractivity contribution in [1.82, 2.24) is 15.5 Å². The van der Waals surface area contributed by atoms with Gasteiger partial charge in [0.15, 0.2) is 23.9 Å². The molecule has 7 heteroatoms. The molecular formula is C15H18ClN3O3. The molecule has 6 nitrogen and oxygen atoms in total. The van der Waals surface area contributed by atoms with Crippen molar-refractivity contribution in [2.24, 2.45) is 0 Å². The highest BCUT2D eigenvalue weighted by Crippen LogP contribution is 2.32. The number of aromatic nitrogens is 2. The highest BCUT2D eigenvalue weighted by molar-refractivity contribution is 6.30. The van der Waals surface area contributed by atoms with Gasteiger partial charge in [-0.2, -0.15) is 4.98 Å². The van der Waals surface area contributed by atoms with Gasteiger partial charge in [0.05, 0.1) is 0 Å². The van der Waals surface area contributed by atoms with Gasteiger partial charge in [-0.25, -0.2) is 0 Å². The van der Waals surface area contributed by atoms with Crippen molar-refractivity contribution < 1.29 is 14.0 Å². The van der Waals surface area contributed by atoms with Crippen LogP contribution in [-0.4, -0.2) is 29.3 Å². The number of nitrogens with one attached hydrogen (secondary N) is 1. The highest BCUT2D eigenvalue weighted by Gasteiger charge is 2.20. The Morgan fingerprint density at radius 1 is 1.36 bits per heavy atom. The van der Waals surface area contributed by atoms with Crippen LogP contribution in [0.5, 0.6) is 11.5 Å². The van der Waals surface area contributed by atoms with Crippen molar-refractivity contribution in [3.05, 3.63) is 34.9 Å². The maximum atomic E-state index is 6.02. The molecule has 3 rings (SSSR count). The van der Waals surface area contributed by atoms with Gasteiger partial charge in [-0.05, 0) is 12.1 Å². The Hall–Kier alpha value is -1.79. The first-order valence-corrected chi connectivity index (χ1v) is 7.62. The van der Waals surface area contributed by atoms with Crippen molar-refractivity contribution >= 4 is 11.6 Å². The summed E-state index contributed by atoms with van der Waals surface area (Å²) < 4.78 is 16.8. The molecule has 0 bridgehead atoms. The molecule has 2 heterocycles. The molecule has 1 aromatic heterocycles. The van der Waals surface area contributed by atoms with Gasteiger partial charge in [0, 0.05) is 30.1 Å². The lowest BCUT2D eigenvalue weighted by Crippen LogP contribution is -2.50. The fourth-order valence-corrected chi connectivity index (χ4v) is 2.08. The molecule has 0 unspecified atom stereocenters. The van der Waals surface area contributed by atoms with Gasteiger partial charge in [-0.15, -0.1) is 0 Å². The number of halogens is 1. The molecule has 1 N–H and O–H groups in total. The summed E-state index contributed by atoms with van der Waals surface area (Å²) in [5, 5.41) is 7.67. The summed E-state index contributed by atoms with van der Waals surface area (Å²) in [7, 11) is 0. The van der Waals surface area contributed by atoms with E-state index in [9.17, 15) is 0 Å². The third-order valence-corrected chi connectivity index (χ3v) is 3.53. The molecule has 0 radical (unpaired) electrons. The first-order valence-electron chi connectivity index (χ1n) is 7.24. The summed E-state index contributed by atoms with van der Waals surface area (Å²) in [5.74, 6) is 2.57. The summed E-state index contributed by atoms with van der Waals surface area (Å²) in [5.41, 5.74) is 0. The van der Waals surface area contributed by atoms with E-state index in [1.54, 1.807) is 18.2 Å². The molecule has 1 saturated heterocycles. The molecule has 1 aliphatic rings. The highest BCUT2D eigenvalue weighted by atomic mass is 35.5. The standard InChI is InChI=1S/C15H18ClN3O3/c1-9(2)15-18-14(22-19-15)8-20-12-4-3-10(16)5-13(12)21-11-6-17-7-11/h3-5,9,11,17H,6-8H2,1-2H3. The van der Waals surface area contributed by atoms with E-state index in [4.69, 9.17) is 25.6 Å². The van der Waals surface area contributed by atoms with Crippen LogP contribution < -0.4 is 14.8 Å². The van der Waals surface area contributed by atoms with Crippen molar-refractivity contribution in [2.45, 2.75) is 32.5 Å². The second-order valence-electron chi connectivity index (χ2n) is 5.48. The monoisotopic (exact) mass is 323 g/mol. The Kier molecular flexibility index (Phi) is 4.49. The minimum Gasteiger partial charge on any atom is -0.484 e. The molecule has 0 saturated carbocycles. The molecule has 0 amide bonds. The molecular weight excluding hydrogens is 306 g/mol. The van der Waals surface area contributed by atoms with Crippen molar-refractivity contribution in [3.8, 4) is 11.5 Å². The first-order chi connectivity index (χ1) is 10.6. The Bertz CT molecular complexity index is 641. The molecule has 0 spiro atoms. The van der Waals surface area contributed by atoms with Crippen LogP contribution in [0.25, 0.3) is 0 Å². The predicted molar refractivity (Wildman–Crippen MR) is 81.5 cm³/mol. The summed E-state index contributed by atoms with van der Waals surface area (Å²) in [6.45, 7) is 5.86. The van der Waals surface area contributed by atoms with E-state index >= 15 is 0 Å². The lowest BCUT2D eigenvalue weighted by atomic mass is 10.2. The van der Waals surface area contributed by atoms with E-state index in [1.807, 2.05) is 13.8 Å². The number of hydrogen-bond acceptors (Lipinski definition) is 6. The molecule has 118 valence electrons. The Labute approximate surface area is 133 Å². The smallest absolute Gasteiger partial charge is 0.264 e. The molecule has 0 aliphatic carbocycles. The number of benzene rings is 1. The van der Waals surface area contributed by atoms with Gasteiger partial charge >= 0.3 is 0 Å². The minimum absolute atomic E-state index is 0.150. The summed E-state index contributed by atoms with van der Waals surface area (Å²) in [6.07, 6.45) is 0.150. The van der Waals surface area contributed by atoms with Gasteiger partial charge in [0.1, 0.15) is 6.10 Å². The average molecular weight is 324 g/mol. The van der Waals surface area contributed by atoms with Crippen molar-refractivity contribution in [2.75, 3.05) is 13.1 Å². The van der Waals surface area contributed by atoms with Crippen LogP contribution in [0, 0.1) is 0 Å². The fourth-order valence-electron chi connectivity index (χ4n) is 1.92. The zero-order valence-corrected chi connectivity index (χ0v) is 13.3. The van der Waals surface area contributed by atoms with Crippen molar-refractivity contribution in [1.29, 1.82) is 0 Å². The lowest BCUT2D eigenvalue weighted by Gasteiger charge is -2.28. The van der Waals surface area contributed by atoms with Crippen LogP contribution >= 0.6 is 11.6 Å². The number of nitrogens with zero attached hydrogens (tertiary/aromatic N) is 2. The van der Waals surface area contributed by atoms with E-state index in [-0.39, 0.29) is 18.6 Å². The number of ether oxygens (including phenoxy) is 2. The third-order valence-electron chi connectivity index (χ3n) is 3.29.